The summed E-state index contributed by atoms with van der Waals surface area (Å²) in [5, 5.41) is 8.95. The van der Waals surface area contributed by atoms with Gasteiger partial charge in [-0.25, -0.2) is 4.79 Å². The Morgan fingerprint density at radius 1 is 1.62 bits per heavy atom. The Balaban J connectivity index is 2.68. The van der Waals surface area contributed by atoms with E-state index in [2.05, 4.69) is 26.8 Å². The van der Waals surface area contributed by atoms with Crippen molar-refractivity contribution in [3.05, 3.63) is 23.3 Å². The number of carboxylic acids is 1. The highest BCUT2D eigenvalue weighted by atomic mass is 16.4. The summed E-state index contributed by atoms with van der Waals surface area (Å²) in [4.78, 5) is 10.9. The third-order valence-electron chi connectivity index (χ3n) is 4.05. The molecular weight excluding hydrogens is 200 g/mol. The second-order valence-electron chi connectivity index (χ2n) is 5.17. The van der Waals surface area contributed by atoms with Crippen LogP contribution in [0.15, 0.2) is 23.3 Å². The van der Waals surface area contributed by atoms with Crippen molar-refractivity contribution in [1.29, 1.82) is 0 Å². The molecule has 1 unspecified atom stereocenters. The molecule has 0 aromatic carbocycles. The summed E-state index contributed by atoms with van der Waals surface area (Å²) in [6, 6.07) is 0. The molecule has 0 aliphatic heterocycles. The monoisotopic (exact) mass is 222 g/mol. The Hall–Kier alpha value is -1.05. The number of carbonyl (C=O) groups is 1. The fraction of sp³-hybridized carbons (Fsp3) is 0.643. The van der Waals surface area contributed by atoms with Gasteiger partial charge in [-0.2, -0.15) is 0 Å². The lowest BCUT2D eigenvalue weighted by molar-refractivity contribution is -0.132. The first kappa shape index (κ1) is 13.0. The van der Waals surface area contributed by atoms with E-state index < -0.39 is 5.97 Å². The molecule has 2 nitrogen and oxygen atoms in total. The lowest BCUT2D eigenvalue weighted by Crippen LogP contribution is -2.20. The molecule has 0 radical (unpaired) electrons. The van der Waals surface area contributed by atoms with Gasteiger partial charge in [0.15, 0.2) is 0 Å². The molecule has 1 aliphatic carbocycles. The number of rotatable bonds is 4. The van der Waals surface area contributed by atoms with Crippen LogP contribution in [0.4, 0.5) is 0 Å². The van der Waals surface area contributed by atoms with Crippen molar-refractivity contribution >= 4 is 5.97 Å². The predicted molar refractivity (Wildman–Crippen MR) is 66.3 cm³/mol. The second kappa shape index (κ2) is 4.86. The fourth-order valence-corrected chi connectivity index (χ4v) is 2.26. The topological polar surface area (TPSA) is 37.3 Å². The van der Waals surface area contributed by atoms with Crippen LogP contribution >= 0.6 is 0 Å². The van der Waals surface area contributed by atoms with Gasteiger partial charge in [0, 0.05) is 5.57 Å². The Labute approximate surface area is 98.1 Å². The highest BCUT2D eigenvalue weighted by molar-refractivity contribution is 5.86. The maximum atomic E-state index is 10.9. The van der Waals surface area contributed by atoms with Crippen LogP contribution in [0.25, 0.3) is 0 Å². The van der Waals surface area contributed by atoms with Crippen molar-refractivity contribution in [3.63, 3.8) is 0 Å². The number of aliphatic carboxylic acids is 1. The summed E-state index contributed by atoms with van der Waals surface area (Å²) in [6.45, 7) is 8.55. The Kier molecular flexibility index (Phi) is 3.95. The maximum Gasteiger partial charge on any atom is 0.331 e. The normalized spacial score (nSPS) is 24.4. The van der Waals surface area contributed by atoms with E-state index in [1.807, 2.05) is 13.0 Å². The fourth-order valence-electron chi connectivity index (χ4n) is 2.26. The van der Waals surface area contributed by atoms with E-state index in [-0.39, 0.29) is 5.41 Å². The van der Waals surface area contributed by atoms with Crippen molar-refractivity contribution in [2.24, 2.45) is 11.3 Å². The zero-order valence-electron chi connectivity index (χ0n) is 10.7. The molecule has 0 spiro atoms. The van der Waals surface area contributed by atoms with Crippen LogP contribution in [0.5, 0.6) is 0 Å². The quantitative estimate of drug-likeness (QED) is 0.580. The number of hydrogen-bond acceptors (Lipinski definition) is 1. The molecule has 90 valence electrons. The standard InChI is InChI=1S/C14H22O2/c1-5-11(13(15)16)7-9-12-8-6-10(2)14(12,3)4/h6-7,12H,5,8-9H2,1-4H3,(H,15,16)/b11-7+. The molecule has 1 aliphatic rings. The Morgan fingerprint density at radius 3 is 2.62 bits per heavy atom. The highest BCUT2D eigenvalue weighted by Gasteiger charge is 2.33. The molecule has 0 saturated carbocycles. The van der Waals surface area contributed by atoms with Gasteiger partial charge in [0.2, 0.25) is 0 Å². The molecule has 1 atom stereocenters. The molecule has 1 rings (SSSR count). The van der Waals surface area contributed by atoms with Gasteiger partial charge in [0.05, 0.1) is 0 Å². The van der Waals surface area contributed by atoms with Gasteiger partial charge < -0.3 is 5.11 Å². The zero-order valence-corrected chi connectivity index (χ0v) is 10.7. The second-order valence-corrected chi connectivity index (χ2v) is 5.17. The summed E-state index contributed by atoms with van der Waals surface area (Å²) in [7, 11) is 0. The van der Waals surface area contributed by atoms with Gasteiger partial charge in [-0.3, -0.25) is 0 Å². The molecule has 0 fully saturated rings. The van der Waals surface area contributed by atoms with Crippen LogP contribution in [0.2, 0.25) is 0 Å². The Bertz CT molecular complexity index is 335. The van der Waals surface area contributed by atoms with Crippen molar-refractivity contribution in [3.8, 4) is 0 Å². The van der Waals surface area contributed by atoms with Gasteiger partial charge in [0.25, 0.3) is 0 Å². The molecule has 0 aromatic rings. The van der Waals surface area contributed by atoms with Gasteiger partial charge in [-0.1, -0.05) is 38.5 Å². The smallest absolute Gasteiger partial charge is 0.331 e. The minimum absolute atomic E-state index is 0.216. The van der Waals surface area contributed by atoms with Gasteiger partial charge in [-0.15, -0.1) is 0 Å². The largest absolute Gasteiger partial charge is 0.478 e. The number of allylic oxidation sites excluding steroid dienone is 3. The van der Waals surface area contributed by atoms with E-state index >= 15 is 0 Å². The highest BCUT2D eigenvalue weighted by Crippen LogP contribution is 2.44. The van der Waals surface area contributed by atoms with Crippen LogP contribution in [-0.4, -0.2) is 11.1 Å². The molecule has 0 amide bonds. The summed E-state index contributed by atoms with van der Waals surface area (Å²) in [5.74, 6) is -0.226. The zero-order chi connectivity index (χ0) is 12.3. The number of hydrogen-bond donors (Lipinski definition) is 1. The summed E-state index contributed by atoms with van der Waals surface area (Å²) < 4.78 is 0. The SMILES string of the molecule is CC/C(=C\CC1CC=C(C)C1(C)C)C(=O)O. The summed E-state index contributed by atoms with van der Waals surface area (Å²) >= 11 is 0. The molecule has 0 bridgehead atoms. The van der Waals surface area contributed by atoms with Crippen molar-refractivity contribution in [2.75, 3.05) is 0 Å². The molecular formula is C14H22O2. The first-order valence-corrected chi connectivity index (χ1v) is 5.99. The predicted octanol–water partition coefficient (Wildman–Crippen LogP) is 3.79. The molecule has 2 heteroatoms. The van der Waals surface area contributed by atoms with E-state index in [9.17, 15) is 4.79 Å². The average Bonchev–Trinajstić information content (AvgIpc) is 2.44. The van der Waals surface area contributed by atoms with Crippen LogP contribution in [0, 0.1) is 11.3 Å². The van der Waals surface area contributed by atoms with Crippen molar-refractivity contribution in [1.82, 2.24) is 0 Å². The first-order valence-electron chi connectivity index (χ1n) is 5.99. The first-order chi connectivity index (χ1) is 7.39. The van der Waals surface area contributed by atoms with E-state index in [1.165, 1.54) is 5.57 Å². The van der Waals surface area contributed by atoms with Crippen molar-refractivity contribution < 1.29 is 9.90 Å². The van der Waals surface area contributed by atoms with E-state index in [0.29, 0.717) is 17.9 Å². The third-order valence-corrected chi connectivity index (χ3v) is 4.05. The third kappa shape index (κ3) is 2.55. The van der Waals surface area contributed by atoms with Gasteiger partial charge in [-0.05, 0) is 37.5 Å². The molecule has 0 saturated heterocycles. The Morgan fingerprint density at radius 2 is 2.25 bits per heavy atom. The molecule has 1 N–H and O–H groups in total. The lowest BCUT2D eigenvalue weighted by Gasteiger charge is -2.29. The summed E-state index contributed by atoms with van der Waals surface area (Å²) in [6.07, 6.45) is 6.74. The molecule has 0 aromatic heterocycles. The number of carboxylic acid groups (broad SMARTS) is 1. The summed E-state index contributed by atoms with van der Waals surface area (Å²) in [5.41, 5.74) is 2.19. The molecule has 16 heavy (non-hydrogen) atoms. The van der Waals surface area contributed by atoms with Gasteiger partial charge >= 0.3 is 5.97 Å². The van der Waals surface area contributed by atoms with Crippen LogP contribution in [-0.2, 0) is 4.79 Å². The van der Waals surface area contributed by atoms with E-state index in [1.54, 1.807) is 0 Å². The van der Waals surface area contributed by atoms with Crippen LogP contribution in [0.3, 0.4) is 0 Å². The van der Waals surface area contributed by atoms with E-state index in [0.717, 1.165) is 12.8 Å². The maximum absolute atomic E-state index is 10.9. The van der Waals surface area contributed by atoms with Crippen LogP contribution in [0.1, 0.15) is 47.0 Å². The molecule has 0 heterocycles. The van der Waals surface area contributed by atoms with Crippen molar-refractivity contribution in [2.45, 2.75) is 47.0 Å². The minimum atomic E-state index is -0.775. The van der Waals surface area contributed by atoms with Gasteiger partial charge in [0.1, 0.15) is 0 Å². The van der Waals surface area contributed by atoms with Crippen LogP contribution < -0.4 is 0 Å². The average molecular weight is 222 g/mol. The lowest BCUT2D eigenvalue weighted by atomic mass is 9.76. The van der Waals surface area contributed by atoms with E-state index in [4.69, 9.17) is 5.11 Å². The minimum Gasteiger partial charge on any atom is -0.478 e.